The van der Waals surface area contributed by atoms with Crippen molar-refractivity contribution in [3.8, 4) is 0 Å². The Morgan fingerprint density at radius 1 is 1.64 bits per heavy atom. The Labute approximate surface area is 88.1 Å². The molecule has 0 N–H and O–H groups in total. The predicted molar refractivity (Wildman–Crippen MR) is 54.5 cm³/mol. The number of aromatic nitrogens is 1. The van der Waals surface area contributed by atoms with Gasteiger partial charge in [-0.15, -0.1) is 0 Å². The monoisotopic (exact) mass is 213 g/mol. The van der Waals surface area contributed by atoms with Gasteiger partial charge in [0.1, 0.15) is 6.61 Å². The molecule has 0 aliphatic rings. The van der Waals surface area contributed by atoms with Gasteiger partial charge in [0, 0.05) is 25.9 Å². The van der Waals surface area contributed by atoms with E-state index in [-0.39, 0.29) is 12.4 Å². The number of aryl methyl sites for hydroxylation is 1. The molecule has 0 saturated heterocycles. The van der Waals surface area contributed by atoms with Crippen LogP contribution in [0, 0.1) is 0 Å². The first-order chi connectivity index (χ1) is 6.74. The Kier molecular flexibility index (Phi) is 4.56. The summed E-state index contributed by atoms with van der Waals surface area (Å²) in [5.41, 5.74) is 0.950. The van der Waals surface area contributed by atoms with Crippen molar-refractivity contribution >= 4 is 17.4 Å². The molecule has 0 aromatic carbocycles. The molecular formula is C10H12ClNO2. The maximum absolute atomic E-state index is 11.1. The molecule has 0 atom stereocenters. The average Bonchev–Trinajstić information content (AvgIpc) is 2.17. The van der Waals surface area contributed by atoms with Crippen LogP contribution in [0.1, 0.15) is 12.0 Å². The van der Waals surface area contributed by atoms with E-state index in [1.54, 1.807) is 12.4 Å². The first-order valence-electron chi connectivity index (χ1n) is 4.33. The Bertz CT molecular complexity index is 315. The van der Waals surface area contributed by atoms with Gasteiger partial charge < -0.3 is 4.74 Å². The highest BCUT2D eigenvalue weighted by Crippen LogP contribution is 2.15. The van der Waals surface area contributed by atoms with E-state index in [0.29, 0.717) is 17.9 Å². The van der Waals surface area contributed by atoms with E-state index >= 15 is 0 Å². The van der Waals surface area contributed by atoms with Crippen molar-refractivity contribution in [3.05, 3.63) is 29.0 Å². The number of ether oxygens (including phenoxy) is 1. The van der Waals surface area contributed by atoms with Crippen LogP contribution in [0.3, 0.4) is 0 Å². The normalized spacial score (nSPS) is 10.1. The highest BCUT2D eigenvalue weighted by Gasteiger charge is 2.04. The molecule has 1 heterocycles. The van der Waals surface area contributed by atoms with Crippen LogP contribution in [-0.2, 0) is 16.0 Å². The predicted octanol–water partition coefficient (Wildman–Crippen LogP) is 1.88. The van der Waals surface area contributed by atoms with Crippen molar-refractivity contribution in [2.45, 2.75) is 12.8 Å². The van der Waals surface area contributed by atoms with Gasteiger partial charge in [-0.25, -0.2) is 0 Å². The van der Waals surface area contributed by atoms with Gasteiger partial charge in [0.2, 0.25) is 0 Å². The number of nitrogens with zero attached hydrogens (tertiary/aromatic N) is 1. The molecule has 0 aliphatic heterocycles. The fourth-order valence-corrected chi connectivity index (χ4v) is 1.33. The molecular weight excluding hydrogens is 202 g/mol. The number of methoxy groups -OCH3 is 1. The molecule has 14 heavy (non-hydrogen) atoms. The Morgan fingerprint density at radius 3 is 3.07 bits per heavy atom. The molecule has 3 nitrogen and oxygen atoms in total. The summed E-state index contributed by atoms with van der Waals surface area (Å²) in [6.07, 6.45) is 4.35. The SMILES string of the molecule is COCC(=O)CCc1ccncc1Cl. The highest BCUT2D eigenvalue weighted by molar-refractivity contribution is 6.31. The minimum atomic E-state index is 0.0837. The molecule has 0 unspecified atom stereocenters. The van der Waals surface area contributed by atoms with Crippen LogP contribution in [0.5, 0.6) is 0 Å². The summed E-state index contributed by atoms with van der Waals surface area (Å²) in [5.74, 6) is 0.0837. The lowest BCUT2D eigenvalue weighted by molar-refractivity contribution is -0.122. The zero-order valence-corrected chi connectivity index (χ0v) is 8.75. The average molecular weight is 214 g/mol. The summed E-state index contributed by atoms with van der Waals surface area (Å²) in [7, 11) is 1.51. The minimum Gasteiger partial charge on any atom is -0.377 e. The lowest BCUT2D eigenvalue weighted by Crippen LogP contribution is -2.07. The standard InChI is InChI=1S/C10H12ClNO2/c1-14-7-9(13)3-2-8-4-5-12-6-10(8)11/h4-6H,2-3,7H2,1H3. The van der Waals surface area contributed by atoms with E-state index in [4.69, 9.17) is 16.3 Å². The van der Waals surface area contributed by atoms with Gasteiger partial charge in [0.25, 0.3) is 0 Å². The van der Waals surface area contributed by atoms with Crippen LogP contribution < -0.4 is 0 Å². The van der Waals surface area contributed by atoms with Crippen LogP contribution in [0.15, 0.2) is 18.5 Å². The van der Waals surface area contributed by atoms with E-state index in [2.05, 4.69) is 4.98 Å². The summed E-state index contributed by atoms with van der Waals surface area (Å²) in [6, 6.07) is 1.82. The zero-order chi connectivity index (χ0) is 10.4. The van der Waals surface area contributed by atoms with Gasteiger partial charge in [-0.05, 0) is 18.1 Å². The van der Waals surface area contributed by atoms with E-state index < -0.39 is 0 Å². The fraction of sp³-hybridized carbons (Fsp3) is 0.400. The fourth-order valence-electron chi connectivity index (χ4n) is 1.11. The van der Waals surface area contributed by atoms with Crippen molar-refractivity contribution in [2.24, 2.45) is 0 Å². The smallest absolute Gasteiger partial charge is 0.158 e. The summed E-state index contributed by atoms with van der Waals surface area (Å²) in [5, 5.41) is 0.609. The van der Waals surface area contributed by atoms with Crippen molar-refractivity contribution in [2.75, 3.05) is 13.7 Å². The molecule has 0 saturated carbocycles. The third kappa shape index (κ3) is 3.44. The van der Waals surface area contributed by atoms with Crippen molar-refractivity contribution < 1.29 is 9.53 Å². The highest BCUT2D eigenvalue weighted by atomic mass is 35.5. The number of hydrogen-bond donors (Lipinski definition) is 0. The second-order valence-electron chi connectivity index (χ2n) is 2.94. The van der Waals surface area contributed by atoms with Gasteiger partial charge >= 0.3 is 0 Å². The molecule has 4 heteroatoms. The van der Waals surface area contributed by atoms with Crippen LogP contribution in [0.25, 0.3) is 0 Å². The molecule has 0 aliphatic carbocycles. The maximum atomic E-state index is 11.1. The molecule has 76 valence electrons. The molecule has 1 aromatic heterocycles. The molecule has 0 bridgehead atoms. The third-order valence-corrected chi connectivity index (χ3v) is 2.18. The largest absolute Gasteiger partial charge is 0.377 e. The van der Waals surface area contributed by atoms with Gasteiger partial charge in [-0.1, -0.05) is 11.6 Å². The minimum absolute atomic E-state index is 0.0837. The van der Waals surface area contributed by atoms with Crippen LogP contribution in [-0.4, -0.2) is 24.5 Å². The first-order valence-corrected chi connectivity index (χ1v) is 4.71. The van der Waals surface area contributed by atoms with Crippen LogP contribution >= 0.6 is 11.6 Å². The summed E-state index contributed by atoms with van der Waals surface area (Å²) in [4.78, 5) is 15.0. The van der Waals surface area contributed by atoms with E-state index in [0.717, 1.165) is 5.56 Å². The number of pyridine rings is 1. The van der Waals surface area contributed by atoms with Gasteiger partial charge in [0.15, 0.2) is 5.78 Å². The number of carbonyl (C=O) groups excluding carboxylic acids is 1. The Hall–Kier alpha value is -0.930. The van der Waals surface area contributed by atoms with Crippen molar-refractivity contribution in [1.82, 2.24) is 4.98 Å². The second-order valence-corrected chi connectivity index (χ2v) is 3.35. The zero-order valence-electron chi connectivity index (χ0n) is 8.00. The summed E-state index contributed by atoms with van der Waals surface area (Å²) in [6.45, 7) is 0.169. The number of hydrogen-bond acceptors (Lipinski definition) is 3. The lowest BCUT2D eigenvalue weighted by atomic mass is 10.1. The Balaban J connectivity index is 2.46. The number of ketones is 1. The molecule has 1 aromatic rings. The number of rotatable bonds is 5. The quantitative estimate of drug-likeness (QED) is 0.750. The van der Waals surface area contributed by atoms with E-state index in [1.807, 2.05) is 6.07 Å². The van der Waals surface area contributed by atoms with Gasteiger partial charge in [-0.3, -0.25) is 9.78 Å². The molecule has 0 amide bonds. The lowest BCUT2D eigenvalue weighted by Gasteiger charge is -2.02. The third-order valence-electron chi connectivity index (χ3n) is 1.83. The van der Waals surface area contributed by atoms with Crippen LogP contribution in [0.2, 0.25) is 5.02 Å². The summed E-state index contributed by atoms with van der Waals surface area (Å²) >= 11 is 5.88. The van der Waals surface area contributed by atoms with Gasteiger partial charge in [-0.2, -0.15) is 0 Å². The molecule has 0 fully saturated rings. The van der Waals surface area contributed by atoms with Crippen molar-refractivity contribution in [3.63, 3.8) is 0 Å². The van der Waals surface area contributed by atoms with E-state index in [1.165, 1.54) is 7.11 Å². The number of halogens is 1. The van der Waals surface area contributed by atoms with Gasteiger partial charge in [0.05, 0.1) is 5.02 Å². The molecule has 0 spiro atoms. The van der Waals surface area contributed by atoms with Crippen LogP contribution in [0.4, 0.5) is 0 Å². The number of Topliss-reactive ketones (excluding diaryl/α,β-unsaturated/α-hetero) is 1. The molecule has 1 rings (SSSR count). The van der Waals surface area contributed by atoms with E-state index in [9.17, 15) is 4.79 Å². The maximum Gasteiger partial charge on any atom is 0.158 e. The Morgan fingerprint density at radius 2 is 2.43 bits per heavy atom. The second kappa shape index (κ2) is 5.73. The first kappa shape index (κ1) is 11.1. The number of carbonyl (C=O) groups is 1. The topological polar surface area (TPSA) is 39.2 Å². The summed E-state index contributed by atoms with van der Waals surface area (Å²) < 4.78 is 4.73. The van der Waals surface area contributed by atoms with Crippen molar-refractivity contribution in [1.29, 1.82) is 0 Å². The molecule has 0 radical (unpaired) electrons.